The van der Waals surface area contributed by atoms with Crippen LogP contribution in [0, 0.1) is 11.8 Å². The van der Waals surface area contributed by atoms with Crippen molar-refractivity contribution >= 4 is 5.69 Å². The normalized spacial score (nSPS) is 26.4. The van der Waals surface area contributed by atoms with Crippen molar-refractivity contribution in [3.63, 3.8) is 0 Å². The molecule has 1 heterocycles. The second-order valence-corrected chi connectivity index (χ2v) is 6.07. The molecule has 2 aromatic rings. The number of nitrogens with one attached hydrogen (secondary N) is 1. The largest absolute Gasteiger partial charge is 0.382 e. The van der Waals surface area contributed by atoms with Crippen LogP contribution in [0.4, 0.5) is 5.69 Å². The van der Waals surface area contributed by atoms with Gasteiger partial charge in [-0.3, -0.25) is 4.57 Å². The quantitative estimate of drug-likeness (QED) is 0.928. The summed E-state index contributed by atoms with van der Waals surface area (Å²) < 4.78 is 1.93. The molecule has 1 fully saturated rings. The Balaban J connectivity index is 1.76. The molecule has 0 amide bonds. The predicted molar refractivity (Wildman–Crippen MR) is 80.9 cm³/mol. The van der Waals surface area contributed by atoms with Gasteiger partial charge in [0.2, 0.25) is 0 Å². The molecule has 0 spiro atoms. The molecule has 20 heavy (non-hydrogen) atoms. The molecule has 0 aliphatic heterocycles. The minimum atomic E-state index is 0.579. The molecule has 3 rings (SSSR count). The number of hydrogen-bond acceptors (Lipinski definition) is 3. The Hall–Kier alpha value is -1.84. The average molecular weight is 270 g/mol. The van der Waals surface area contributed by atoms with E-state index in [1.807, 2.05) is 4.57 Å². The van der Waals surface area contributed by atoms with Crippen LogP contribution in [-0.4, -0.2) is 20.8 Å². The standard InChI is InChI=1S/C16H22N4/c1-12-6-7-13(2)16(8-12)19-14-4-3-5-15(9-14)20-10-17-18-11-20/h3-5,9-13,16,19H,6-8H2,1-2H3. The van der Waals surface area contributed by atoms with Gasteiger partial charge >= 0.3 is 0 Å². The number of nitrogens with zero attached hydrogens (tertiary/aromatic N) is 3. The second-order valence-electron chi connectivity index (χ2n) is 6.07. The molecule has 1 aromatic heterocycles. The van der Waals surface area contributed by atoms with Crippen LogP contribution >= 0.6 is 0 Å². The first-order valence-electron chi connectivity index (χ1n) is 7.44. The van der Waals surface area contributed by atoms with Crippen molar-refractivity contribution in [2.24, 2.45) is 11.8 Å². The van der Waals surface area contributed by atoms with Crippen molar-refractivity contribution in [3.05, 3.63) is 36.9 Å². The summed E-state index contributed by atoms with van der Waals surface area (Å²) in [6, 6.07) is 9.03. The first kappa shape index (κ1) is 13.2. The maximum atomic E-state index is 3.86. The third-order valence-electron chi connectivity index (χ3n) is 4.37. The zero-order valence-corrected chi connectivity index (χ0v) is 12.2. The van der Waals surface area contributed by atoms with Gasteiger partial charge < -0.3 is 5.32 Å². The van der Waals surface area contributed by atoms with E-state index in [1.54, 1.807) is 12.7 Å². The molecular formula is C16H22N4. The highest BCUT2D eigenvalue weighted by molar-refractivity contribution is 5.51. The van der Waals surface area contributed by atoms with Gasteiger partial charge in [-0.05, 0) is 42.9 Å². The monoisotopic (exact) mass is 270 g/mol. The SMILES string of the molecule is CC1CCC(C)C(Nc2cccc(-n3cnnc3)c2)C1. The van der Waals surface area contributed by atoms with Crippen LogP contribution in [0.15, 0.2) is 36.9 Å². The maximum absolute atomic E-state index is 3.86. The first-order valence-corrected chi connectivity index (χ1v) is 7.44. The molecule has 0 saturated heterocycles. The Morgan fingerprint density at radius 3 is 2.75 bits per heavy atom. The van der Waals surface area contributed by atoms with E-state index >= 15 is 0 Å². The highest BCUT2D eigenvalue weighted by Gasteiger charge is 2.25. The van der Waals surface area contributed by atoms with Gasteiger partial charge in [0.25, 0.3) is 0 Å². The average Bonchev–Trinajstić information content (AvgIpc) is 2.97. The Labute approximate surface area is 120 Å². The molecule has 0 bridgehead atoms. The number of aromatic nitrogens is 3. The van der Waals surface area contributed by atoms with Gasteiger partial charge in [0.15, 0.2) is 0 Å². The summed E-state index contributed by atoms with van der Waals surface area (Å²) in [5.74, 6) is 1.56. The van der Waals surface area contributed by atoms with Gasteiger partial charge in [-0.2, -0.15) is 0 Å². The summed E-state index contributed by atoms with van der Waals surface area (Å²) >= 11 is 0. The third-order valence-corrected chi connectivity index (χ3v) is 4.37. The van der Waals surface area contributed by atoms with Crippen molar-refractivity contribution in [3.8, 4) is 5.69 Å². The lowest BCUT2D eigenvalue weighted by molar-refractivity contribution is 0.281. The number of anilines is 1. The molecule has 1 aliphatic rings. The molecule has 1 aromatic carbocycles. The second kappa shape index (κ2) is 5.65. The van der Waals surface area contributed by atoms with E-state index in [-0.39, 0.29) is 0 Å². The van der Waals surface area contributed by atoms with Gasteiger partial charge in [-0.15, -0.1) is 10.2 Å². The molecule has 106 valence electrons. The van der Waals surface area contributed by atoms with Crippen molar-refractivity contribution in [2.45, 2.75) is 39.2 Å². The predicted octanol–water partition coefficient (Wildman–Crippen LogP) is 3.50. The lowest BCUT2D eigenvalue weighted by atomic mass is 9.80. The minimum Gasteiger partial charge on any atom is -0.382 e. The topological polar surface area (TPSA) is 42.7 Å². The zero-order chi connectivity index (χ0) is 13.9. The molecule has 1 saturated carbocycles. The zero-order valence-electron chi connectivity index (χ0n) is 12.2. The highest BCUT2D eigenvalue weighted by Crippen LogP contribution is 2.30. The summed E-state index contributed by atoms with van der Waals surface area (Å²) in [5.41, 5.74) is 2.28. The van der Waals surface area contributed by atoms with Crippen molar-refractivity contribution < 1.29 is 0 Å². The molecule has 4 heteroatoms. The first-order chi connectivity index (χ1) is 9.72. The van der Waals surface area contributed by atoms with Crippen molar-refractivity contribution in [2.75, 3.05) is 5.32 Å². The summed E-state index contributed by atoms with van der Waals surface area (Å²) in [6.45, 7) is 4.71. The van der Waals surface area contributed by atoms with E-state index in [0.717, 1.165) is 17.5 Å². The smallest absolute Gasteiger partial charge is 0.123 e. The minimum absolute atomic E-state index is 0.579. The lowest BCUT2D eigenvalue weighted by Crippen LogP contribution is -2.33. The van der Waals surface area contributed by atoms with E-state index in [4.69, 9.17) is 0 Å². The van der Waals surface area contributed by atoms with E-state index in [0.29, 0.717) is 6.04 Å². The summed E-state index contributed by atoms with van der Waals surface area (Å²) in [4.78, 5) is 0. The Kier molecular flexibility index (Phi) is 3.72. The van der Waals surface area contributed by atoms with Gasteiger partial charge in [0.1, 0.15) is 12.7 Å². The molecule has 1 N–H and O–H groups in total. The van der Waals surface area contributed by atoms with Gasteiger partial charge in [0.05, 0.1) is 5.69 Å². The molecule has 0 radical (unpaired) electrons. The summed E-state index contributed by atoms with van der Waals surface area (Å²) in [7, 11) is 0. The van der Waals surface area contributed by atoms with Crippen molar-refractivity contribution in [1.29, 1.82) is 0 Å². The fourth-order valence-corrected chi connectivity index (χ4v) is 3.04. The van der Waals surface area contributed by atoms with Crippen LogP contribution in [0.1, 0.15) is 33.1 Å². The van der Waals surface area contributed by atoms with Gasteiger partial charge in [-0.1, -0.05) is 26.3 Å². The Morgan fingerprint density at radius 1 is 1.15 bits per heavy atom. The molecule has 3 atom stereocenters. The summed E-state index contributed by atoms with van der Waals surface area (Å²) in [5, 5.41) is 11.4. The highest BCUT2D eigenvalue weighted by atomic mass is 15.2. The maximum Gasteiger partial charge on any atom is 0.123 e. The lowest BCUT2D eigenvalue weighted by Gasteiger charge is -2.34. The summed E-state index contributed by atoms with van der Waals surface area (Å²) in [6.07, 6.45) is 7.40. The Bertz CT molecular complexity index is 549. The van der Waals surface area contributed by atoms with Crippen LogP contribution in [0.2, 0.25) is 0 Å². The fraction of sp³-hybridized carbons (Fsp3) is 0.500. The van der Waals surface area contributed by atoms with E-state index in [2.05, 4.69) is 53.6 Å². The van der Waals surface area contributed by atoms with E-state index in [1.165, 1.54) is 24.9 Å². The van der Waals surface area contributed by atoms with Crippen molar-refractivity contribution in [1.82, 2.24) is 14.8 Å². The van der Waals surface area contributed by atoms with Crippen LogP contribution < -0.4 is 5.32 Å². The van der Waals surface area contributed by atoms with Crippen LogP contribution in [-0.2, 0) is 0 Å². The fourth-order valence-electron chi connectivity index (χ4n) is 3.04. The number of hydrogen-bond donors (Lipinski definition) is 1. The van der Waals surface area contributed by atoms with E-state index < -0.39 is 0 Å². The van der Waals surface area contributed by atoms with E-state index in [9.17, 15) is 0 Å². The number of benzene rings is 1. The molecular weight excluding hydrogens is 248 g/mol. The third kappa shape index (κ3) is 2.84. The van der Waals surface area contributed by atoms with Gasteiger partial charge in [-0.25, -0.2) is 0 Å². The van der Waals surface area contributed by atoms with Crippen LogP contribution in [0.5, 0.6) is 0 Å². The number of rotatable bonds is 3. The molecule has 3 unspecified atom stereocenters. The van der Waals surface area contributed by atoms with Crippen LogP contribution in [0.3, 0.4) is 0 Å². The van der Waals surface area contributed by atoms with Gasteiger partial charge in [0, 0.05) is 11.7 Å². The van der Waals surface area contributed by atoms with Crippen LogP contribution in [0.25, 0.3) is 5.69 Å². The molecule has 1 aliphatic carbocycles. The molecule has 4 nitrogen and oxygen atoms in total. The Morgan fingerprint density at radius 2 is 1.95 bits per heavy atom.